The van der Waals surface area contributed by atoms with E-state index in [1.165, 1.54) is 11.1 Å². The lowest BCUT2D eigenvalue weighted by Crippen LogP contribution is -2.50. The van der Waals surface area contributed by atoms with Crippen LogP contribution in [0, 0.1) is 11.3 Å². The number of hydrogen-bond donors (Lipinski definition) is 3. The Morgan fingerprint density at radius 2 is 1.57 bits per heavy atom. The van der Waals surface area contributed by atoms with Gasteiger partial charge in [-0.25, -0.2) is 4.79 Å². The number of amides is 2. The van der Waals surface area contributed by atoms with Gasteiger partial charge in [0.15, 0.2) is 0 Å². The second kappa shape index (κ2) is 10.9. The molecule has 35 heavy (non-hydrogen) atoms. The molecule has 0 bridgehead atoms. The van der Waals surface area contributed by atoms with Crippen LogP contribution in [0.25, 0.3) is 11.1 Å². The molecule has 2 amide bonds. The van der Waals surface area contributed by atoms with Crippen molar-refractivity contribution in [2.75, 3.05) is 19.7 Å². The number of benzene rings is 2. The van der Waals surface area contributed by atoms with Crippen molar-refractivity contribution in [3.63, 3.8) is 0 Å². The maximum atomic E-state index is 13.1. The minimum absolute atomic E-state index is 0.0173. The van der Waals surface area contributed by atoms with Crippen molar-refractivity contribution >= 4 is 18.0 Å². The first-order valence-corrected chi connectivity index (χ1v) is 12.5. The van der Waals surface area contributed by atoms with Crippen molar-refractivity contribution < 1.29 is 24.2 Å². The van der Waals surface area contributed by atoms with Gasteiger partial charge in [-0.15, -0.1) is 0 Å². The van der Waals surface area contributed by atoms with Crippen molar-refractivity contribution in [3.8, 4) is 11.1 Å². The van der Waals surface area contributed by atoms with Crippen molar-refractivity contribution in [3.05, 3.63) is 59.7 Å². The highest BCUT2D eigenvalue weighted by Gasteiger charge is 2.40. The zero-order chi connectivity index (χ0) is 24.8. The number of hydrogen-bond acceptors (Lipinski definition) is 4. The largest absolute Gasteiger partial charge is 0.481 e. The van der Waals surface area contributed by atoms with Crippen LogP contribution in [0.3, 0.4) is 0 Å². The molecule has 7 heteroatoms. The highest BCUT2D eigenvalue weighted by atomic mass is 16.5. The number of carboxylic acid groups (broad SMARTS) is 1. The maximum Gasteiger partial charge on any atom is 0.407 e. The number of rotatable bonds is 9. The maximum absolute atomic E-state index is 13.1. The summed E-state index contributed by atoms with van der Waals surface area (Å²) in [6.45, 7) is 2.37. The quantitative estimate of drug-likeness (QED) is 0.484. The van der Waals surface area contributed by atoms with E-state index >= 15 is 0 Å². The average molecular weight is 479 g/mol. The van der Waals surface area contributed by atoms with E-state index in [0.29, 0.717) is 25.8 Å². The first kappa shape index (κ1) is 24.8. The molecule has 0 radical (unpaired) electrons. The molecule has 0 heterocycles. The highest BCUT2D eigenvalue weighted by Crippen LogP contribution is 2.44. The van der Waals surface area contributed by atoms with Crippen LogP contribution in [0.1, 0.15) is 62.5 Å². The third-order valence-electron chi connectivity index (χ3n) is 7.49. The first-order chi connectivity index (χ1) is 16.9. The molecule has 2 aromatic carbocycles. The van der Waals surface area contributed by atoms with Crippen molar-refractivity contribution in [2.24, 2.45) is 11.3 Å². The minimum Gasteiger partial charge on any atom is -0.481 e. The predicted molar refractivity (Wildman–Crippen MR) is 133 cm³/mol. The Morgan fingerprint density at radius 3 is 2.17 bits per heavy atom. The molecule has 1 fully saturated rings. The van der Waals surface area contributed by atoms with Gasteiger partial charge in [0.1, 0.15) is 6.61 Å². The Balaban J connectivity index is 1.34. The van der Waals surface area contributed by atoms with Crippen LogP contribution in [0.2, 0.25) is 0 Å². The number of ether oxygens (including phenoxy) is 1. The van der Waals surface area contributed by atoms with E-state index in [1.807, 2.05) is 24.3 Å². The summed E-state index contributed by atoms with van der Waals surface area (Å²) in [6, 6.07) is 16.4. The van der Waals surface area contributed by atoms with Crippen molar-refractivity contribution in [1.82, 2.24) is 10.6 Å². The molecule has 2 aromatic rings. The fourth-order valence-corrected chi connectivity index (χ4v) is 5.32. The van der Waals surface area contributed by atoms with Gasteiger partial charge in [-0.2, -0.15) is 0 Å². The van der Waals surface area contributed by atoms with Gasteiger partial charge >= 0.3 is 12.1 Å². The normalized spacial score (nSPS) is 17.1. The van der Waals surface area contributed by atoms with Crippen molar-refractivity contribution in [1.29, 1.82) is 0 Å². The van der Waals surface area contributed by atoms with Gasteiger partial charge in [-0.3, -0.25) is 9.59 Å². The van der Waals surface area contributed by atoms with Gasteiger partial charge in [-0.05, 0) is 41.5 Å². The summed E-state index contributed by atoms with van der Waals surface area (Å²) in [4.78, 5) is 36.8. The number of aliphatic carboxylic acids is 1. The fraction of sp³-hybridized carbons (Fsp3) is 0.464. The molecule has 0 saturated heterocycles. The monoisotopic (exact) mass is 478 g/mol. The van der Waals surface area contributed by atoms with Gasteiger partial charge in [0.2, 0.25) is 5.91 Å². The average Bonchev–Trinajstić information content (AvgIpc) is 3.20. The summed E-state index contributed by atoms with van der Waals surface area (Å²) in [6.07, 6.45) is 4.14. The molecule has 2 aliphatic carbocycles. The standard InChI is InChI=1S/C28H34N2O5/c1-19(25(31)32)13-16-29-26(33)28(14-7-2-8-15-28)18-30-27(34)35-17-24-22-11-5-3-9-20(22)21-10-4-6-12-23(21)24/h3-6,9-12,19,24H,2,7-8,13-18H2,1H3,(H,29,33)(H,30,34)(H,31,32). The van der Waals surface area contributed by atoms with E-state index in [9.17, 15) is 14.4 Å². The summed E-state index contributed by atoms with van der Waals surface area (Å²) in [7, 11) is 0. The van der Waals surface area contributed by atoms with Gasteiger partial charge in [0.05, 0.1) is 11.3 Å². The molecular formula is C28H34N2O5. The van der Waals surface area contributed by atoms with E-state index in [-0.39, 0.29) is 25.0 Å². The zero-order valence-corrected chi connectivity index (χ0v) is 20.2. The van der Waals surface area contributed by atoms with Crippen LogP contribution in [-0.2, 0) is 14.3 Å². The number of alkyl carbamates (subject to hydrolysis) is 1. The third-order valence-corrected chi connectivity index (χ3v) is 7.49. The van der Waals surface area contributed by atoms with Gasteiger partial charge in [0, 0.05) is 19.0 Å². The topological polar surface area (TPSA) is 105 Å². The van der Waals surface area contributed by atoms with Crippen LogP contribution in [0.4, 0.5) is 4.79 Å². The van der Waals surface area contributed by atoms with Gasteiger partial charge in [-0.1, -0.05) is 74.7 Å². The molecule has 186 valence electrons. The second-order valence-corrected chi connectivity index (χ2v) is 9.80. The van der Waals surface area contributed by atoms with Crippen LogP contribution in [-0.4, -0.2) is 42.8 Å². The molecule has 0 aliphatic heterocycles. The molecule has 7 nitrogen and oxygen atoms in total. The number of carbonyl (C=O) groups is 3. The number of carbonyl (C=O) groups excluding carboxylic acids is 2. The SMILES string of the molecule is CC(CCNC(=O)C1(CNC(=O)OCC2c3ccccc3-c3ccccc32)CCCCC1)C(=O)O. The lowest BCUT2D eigenvalue weighted by molar-refractivity contribution is -0.141. The van der Waals surface area contributed by atoms with Crippen molar-refractivity contribution in [2.45, 2.75) is 51.4 Å². The lowest BCUT2D eigenvalue weighted by atomic mass is 9.73. The lowest BCUT2D eigenvalue weighted by Gasteiger charge is -2.36. The number of fused-ring (bicyclic) bond motifs is 3. The van der Waals surface area contributed by atoms with E-state index in [1.54, 1.807) is 6.92 Å². The molecule has 1 saturated carbocycles. The zero-order valence-electron chi connectivity index (χ0n) is 20.2. The molecule has 0 spiro atoms. The number of nitrogens with one attached hydrogen (secondary N) is 2. The van der Waals surface area contributed by atoms with E-state index in [0.717, 1.165) is 30.4 Å². The summed E-state index contributed by atoms with van der Waals surface area (Å²) in [5.41, 5.74) is 3.97. The molecule has 4 rings (SSSR count). The summed E-state index contributed by atoms with van der Waals surface area (Å²) in [5.74, 6) is -1.52. The Hall–Kier alpha value is -3.35. The van der Waals surface area contributed by atoms with Gasteiger partial charge < -0.3 is 20.5 Å². The van der Waals surface area contributed by atoms with E-state index < -0.39 is 23.4 Å². The second-order valence-electron chi connectivity index (χ2n) is 9.80. The Kier molecular flexibility index (Phi) is 7.73. The van der Waals surface area contributed by atoms with E-state index in [4.69, 9.17) is 9.84 Å². The third kappa shape index (κ3) is 5.50. The van der Waals surface area contributed by atoms with E-state index in [2.05, 4.69) is 34.9 Å². The minimum atomic E-state index is -0.872. The Labute approximate surface area is 206 Å². The van der Waals surface area contributed by atoms with Crippen LogP contribution < -0.4 is 10.6 Å². The summed E-state index contributed by atoms with van der Waals surface area (Å²) in [5, 5.41) is 14.8. The first-order valence-electron chi connectivity index (χ1n) is 12.5. The summed E-state index contributed by atoms with van der Waals surface area (Å²) < 4.78 is 5.65. The Morgan fingerprint density at radius 1 is 0.971 bits per heavy atom. The molecule has 3 N–H and O–H groups in total. The summed E-state index contributed by atoms with van der Waals surface area (Å²) >= 11 is 0. The molecule has 1 unspecified atom stereocenters. The molecule has 0 aromatic heterocycles. The van der Waals surface area contributed by atoms with Gasteiger partial charge in [0.25, 0.3) is 0 Å². The van der Waals surface area contributed by atoms with Crippen LogP contribution >= 0.6 is 0 Å². The fourth-order valence-electron chi connectivity index (χ4n) is 5.32. The Bertz CT molecular complexity index is 1030. The predicted octanol–water partition coefficient (Wildman–Crippen LogP) is 4.70. The molecule has 1 atom stereocenters. The highest BCUT2D eigenvalue weighted by molar-refractivity contribution is 5.84. The molecule has 2 aliphatic rings. The number of carboxylic acids is 1. The van der Waals surface area contributed by atoms with Crippen LogP contribution in [0.15, 0.2) is 48.5 Å². The smallest absolute Gasteiger partial charge is 0.407 e. The molecular weight excluding hydrogens is 444 g/mol. The van der Waals surface area contributed by atoms with Crippen LogP contribution in [0.5, 0.6) is 0 Å².